The number of rotatable bonds is 2. The molecule has 0 aliphatic heterocycles. The Hall–Kier alpha value is -0.350. The van der Waals surface area contributed by atoms with Crippen LogP contribution in [0.5, 0.6) is 0 Å². The Bertz CT molecular complexity index is 295. The maximum atomic E-state index is 10.4. The first kappa shape index (κ1) is 8.74. The van der Waals surface area contributed by atoms with Crippen molar-refractivity contribution >= 4 is 26.6 Å². The topological polar surface area (TPSA) is 34.1 Å². The second kappa shape index (κ2) is 3.88. The standard InChI is InChI=1S/C7H7BrO2S/c8-5-6-1-3-7(4-2-6)11(9)10/h1-4,11H,5H2. The minimum Gasteiger partial charge on any atom is -0.227 e. The molecule has 0 bridgehead atoms. The molecule has 0 aliphatic carbocycles. The van der Waals surface area contributed by atoms with E-state index in [9.17, 15) is 8.42 Å². The van der Waals surface area contributed by atoms with Crippen molar-refractivity contribution in [2.24, 2.45) is 0 Å². The molecule has 0 fully saturated rings. The third kappa shape index (κ3) is 2.31. The zero-order valence-corrected chi connectivity index (χ0v) is 8.14. The number of halogens is 1. The molecular formula is C7H7BrO2S. The van der Waals surface area contributed by atoms with Crippen molar-refractivity contribution in [2.45, 2.75) is 10.2 Å². The highest BCUT2D eigenvalue weighted by Gasteiger charge is 1.93. The summed E-state index contributed by atoms with van der Waals surface area (Å²) < 4.78 is 20.9. The average Bonchev–Trinajstić information content (AvgIpc) is 2.05. The number of thiol groups is 1. The molecule has 0 amide bonds. The van der Waals surface area contributed by atoms with Crippen molar-refractivity contribution < 1.29 is 8.42 Å². The van der Waals surface area contributed by atoms with Crippen molar-refractivity contribution in [1.82, 2.24) is 0 Å². The highest BCUT2D eigenvalue weighted by molar-refractivity contribution is 9.08. The lowest BCUT2D eigenvalue weighted by Crippen LogP contribution is -1.81. The van der Waals surface area contributed by atoms with Crippen LogP contribution in [0.4, 0.5) is 0 Å². The molecule has 0 spiro atoms. The van der Waals surface area contributed by atoms with E-state index in [0.29, 0.717) is 4.90 Å². The third-order valence-corrected chi connectivity index (χ3v) is 2.67. The lowest BCUT2D eigenvalue weighted by molar-refractivity contribution is 0.614. The van der Waals surface area contributed by atoms with E-state index in [2.05, 4.69) is 15.9 Å². The molecule has 4 heteroatoms. The Kier molecular flexibility index (Phi) is 3.08. The fourth-order valence-corrected chi connectivity index (χ4v) is 1.47. The van der Waals surface area contributed by atoms with Gasteiger partial charge in [0.15, 0.2) is 10.7 Å². The molecule has 0 aromatic heterocycles. The Labute approximate surface area is 75.3 Å². The second-order valence-electron chi connectivity index (χ2n) is 2.06. The summed E-state index contributed by atoms with van der Waals surface area (Å²) in [6.07, 6.45) is 0. The molecule has 11 heavy (non-hydrogen) atoms. The van der Waals surface area contributed by atoms with Gasteiger partial charge in [-0.3, -0.25) is 0 Å². The molecule has 1 aromatic carbocycles. The van der Waals surface area contributed by atoms with Gasteiger partial charge in [0.25, 0.3) is 0 Å². The van der Waals surface area contributed by atoms with Crippen molar-refractivity contribution in [2.75, 3.05) is 0 Å². The molecule has 0 N–H and O–H groups in total. The Morgan fingerprint density at radius 2 is 1.73 bits per heavy atom. The van der Waals surface area contributed by atoms with Gasteiger partial charge in [0.1, 0.15) is 0 Å². The van der Waals surface area contributed by atoms with E-state index in [1.165, 1.54) is 0 Å². The molecule has 60 valence electrons. The van der Waals surface area contributed by atoms with Crippen LogP contribution in [0.3, 0.4) is 0 Å². The maximum absolute atomic E-state index is 10.4. The lowest BCUT2D eigenvalue weighted by Gasteiger charge is -1.93. The van der Waals surface area contributed by atoms with E-state index in [0.717, 1.165) is 10.9 Å². The van der Waals surface area contributed by atoms with Crippen molar-refractivity contribution in [3.8, 4) is 0 Å². The minimum atomic E-state index is -2.43. The Morgan fingerprint density at radius 3 is 2.09 bits per heavy atom. The molecule has 1 aromatic rings. The van der Waals surface area contributed by atoms with Crippen LogP contribution >= 0.6 is 15.9 Å². The Balaban J connectivity index is 3.01. The van der Waals surface area contributed by atoms with Crippen molar-refractivity contribution in [3.63, 3.8) is 0 Å². The first-order valence-electron chi connectivity index (χ1n) is 3.03. The quantitative estimate of drug-likeness (QED) is 0.623. The normalized spacial score (nSPS) is 10.4. The summed E-state index contributed by atoms with van der Waals surface area (Å²) in [6, 6.07) is 6.77. The molecular weight excluding hydrogens is 228 g/mol. The largest absolute Gasteiger partial charge is 0.227 e. The monoisotopic (exact) mass is 234 g/mol. The Morgan fingerprint density at radius 1 is 1.18 bits per heavy atom. The molecule has 0 radical (unpaired) electrons. The maximum Gasteiger partial charge on any atom is 0.168 e. The van der Waals surface area contributed by atoms with Crippen molar-refractivity contribution in [1.29, 1.82) is 0 Å². The van der Waals surface area contributed by atoms with Crippen LogP contribution in [0, 0.1) is 0 Å². The summed E-state index contributed by atoms with van der Waals surface area (Å²) in [7, 11) is -2.43. The van der Waals surface area contributed by atoms with Gasteiger partial charge in [0.2, 0.25) is 0 Å². The van der Waals surface area contributed by atoms with Gasteiger partial charge in [-0.2, -0.15) is 0 Å². The summed E-state index contributed by atoms with van der Waals surface area (Å²) in [5.74, 6) is 0. The number of hydrogen-bond donors (Lipinski definition) is 1. The molecule has 1 rings (SSSR count). The summed E-state index contributed by atoms with van der Waals surface area (Å²) in [6.45, 7) is 0. The van der Waals surface area contributed by atoms with Gasteiger partial charge in [0.05, 0.1) is 4.90 Å². The molecule has 0 atom stereocenters. The van der Waals surface area contributed by atoms with Crippen LogP contribution in [-0.2, 0) is 16.0 Å². The van der Waals surface area contributed by atoms with Crippen molar-refractivity contribution in [3.05, 3.63) is 29.8 Å². The smallest absolute Gasteiger partial charge is 0.168 e. The van der Waals surface area contributed by atoms with Crippen LogP contribution in [0.15, 0.2) is 29.2 Å². The highest BCUT2D eigenvalue weighted by atomic mass is 79.9. The fraction of sp³-hybridized carbons (Fsp3) is 0.143. The molecule has 0 saturated heterocycles. The van der Waals surface area contributed by atoms with Gasteiger partial charge in [-0.1, -0.05) is 28.1 Å². The van der Waals surface area contributed by atoms with E-state index in [4.69, 9.17) is 0 Å². The van der Waals surface area contributed by atoms with Crippen LogP contribution in [0.25, 0.3) is 0 Å². The van der Waals surface area contributed by atoms with Gasteiger partial charge in [-0.15, -0.1) is 0 Å². The summed E-state index contributed by atoms with van der Waals surface area (Å²) in [5, 5.41) is 0.753. The molecule has 0 aliphatic rings. The van der Waals surface area contributed by atoms with Gasteiger partial charge in [-0.25, -0.2) is 8.42 Å². The SMILES string of the molecule is O=[SH](=O)c1ccc(CBr)cc1. The van der Waals surface area contributed by atoms with E-state index < -0.39 is 10.7 Å². The predicted molar refractivity (Wildman–Crippen MR) is 47.7 cm³/mol. The second-order valence-corrected chi connectivity index (χ2v) is 3.65. The van der Waals surface area contributed by atoms with Gasteiger partial charge < -0.3 is 0 Å². The van der Waals surface area contributed by atoms with Gasteiger partial charge in [0, 0.05) is 5.33 Å². The van der Waals surface area contributed by atoms with Crippen LogP contribution in [-0.4, -0.2) is 8.42 Å². The number of benzene rings is 1. The fourth-order valence-electron chi connectivity index (χ4n) is 0.707. The zero-order valence-electron chi connectivity index (χ0n) is 5.66. The first-order chi connectivity index (χ1) is 5.24. The average molecular weight is 235 g/mol. The molecule has 0 heterocycles. The van der Waals surface area contributed by atoms with Gasteiger partial charge in [-0.05, 0) is 17.7 Å². The lowest BCUT2D eigenvalue weighted by atomic mass is 10.2. The number of hydrogen-bond acceptors (Lipinski definition) is 2. The zero-order chi connectivity index (χ0) is 8.27. The summed E-state index contributed by atoms with van der Waals surface area (Å²) in [4.78, 5) is 0.365. The van der Waals surface area contributed by atoms with E-state index >= 15 is 0 Å². The van der Waals surface area contributed by atoms with E-state index in [1.54, 1.807) is 24.3 Å². The number of alkyl halides is 1. The molecule has 0 saturated carbocycles. The van der Waals surface area contributed by atoms with Crippen LogP contribution < -0.4 is 0 Å². The van der Waals surface area contributed by atoms with E-state index in [-0.39, 0.29) is 0 Å². The predicted octanol–water partition coefficient (Wildman–Crippen LogP) is 1.55. The summed E-state index contributed by atoms with van der Waals surface area (Å²) >= 11 is 3.27. The molecule has 2 nitrogen and oxygen atoms in total. The summed E-state index contributed by atoms with van der Waals surface area (Å²) in [5.41, 5.74) is 1.07. The molecule has 0 unspecified atom stereocenters. The van der Waals surface area contributed by atoms with E-state index in [1.807, 2.05) is 0 Å². The third-order valence-electron chi connectivity index (χ3n) is 1.30. The minimum absolute atomic E-state index is 0.365. The van der Waals surface area contributed by atoms with Gasteiger partial charge >= 0.3 is 0 Å². The highest BCUT2D eigenvalue weighted by Crippen LogP contribution is 2.08. The van der Waals surface area contributed by atoms with Crippen LogP contribution in [0.2, 0.25) is 0 Å². The first-order valence-corrected chi connectivity index (χ1v) is 5.33. The van der Waals surface area contributed by atoms with Crippen LogP contribution in [0.1, 0.15) is 5.56 Å².